The second-order valence-corrected chi connectivity index (χ2v) is 7.36. The molecule has 0 spiro atoms. The van der Waals surface area contributed by atoms with Crippen molar-refractivity contribution >= 4 is 11.4 Å². The van der Waals surface area contributed by atoms with Gasteiger partial charge in [0.1, 0.15) is 0 Å². The second-order valence-electron chi connectivity index (χ2n) is 7.36. The Bertz CT molecular complexity index is 696. The number of hydrogen-bond acceptors (Lipinski definition) is 3. The van der Waals surface area contributed by atoms with Gasteiger partial charge in [0, 0.05) is 44.7 Å². The molecule has 0 aromatic heterocycles. The van der Waals surface area contributed by atoms with Crippen LogP contribution in [0.4, 0.5) is 11.4 Å². The largest absolute Gasteiger partial charge is 0.383 e. The van der Waals surface area contributed by atoms with Gasteiger partial charge in [0.25, 0.3) is 0 Å². The van der Waals surface area contributed by atoms with Gasteiger partial charge in [-0.05, 0) is 60.6 Å². The molecule has 1 heterocycles. The molecule has 3 heteroatoms. The Labute approximate surface area is 151 Å². The summed E-state index contributed by atoms with van der Waals surface area (Å²) in [7, 11) is 1.77. The quantitative estimate of drug-likeness (QED) is 0.752. The number of rotatable bonds is 7. The van der Waals surface area contributed by atoms with Crippen LogP contribution >= 0.6 is 0 Å². The maximum Gasteiger partial charge on any atom is 0.0642 e. The summed E-state index contributed by atoms with van der Waals surface area (Å²) in [6.07, 6.45) is 4.05. The number of hydrogen-bond donors (Lipinski definition) is 0. The lowest BCUT2D eigenvalue weighted by Gasteiger charge is -2.31. The molecule has 132 valence electrons. The fourth-order valence-electron chi connectivity index (χ4n) is 3.79. The summed E-state index contributed by atoms with van der Waals surface area (Å²) in [4.78, 5) is 5.01. The van der Waals surface area contributed by atoms with Crippen molar-refractivity contribution in [3.63, 3.8) is 0 Å². The highest BCUT2D eigenvalue weighted by molar-refractivity contribution is 5.64. The Morgan fingerprint density at radius 2 is 1.88 bits per heavy atom. The van der Waals surface area contributed by atoms with Crippen LogP contribution < -0.4 is 4.90 Å². The maximum absolute atomic E-state index is 5.35. The van der Waals surface area contributed by atoms with E-state index in [1.807, 2.05) is 0 Å². The van der Waals surface area contributed by atoms with Gasteiger partial charge in [0.15, 0.2) is 0 Å². The minimum absolute atomic E-state index is 0.722. The minimum atomic E-state index is 0.722. The number of anilines is 2. The molecule has 0 saturated heterocycles. The highest BCUT2D eigenvalue weighted by Crippen LogP contribution is 2.33. The second kappa shape index (κ2) is 7.59. The van der Waals surface area contributed by atoms with E-state index in [0.29, 0.717) is 0 Å². The SMILES string of the molecule is COCCN(c1ccccc1)c1ccc2c(c1)CN(CC1CC1)CC2. The van der Waals surface area contributed by atoms with Crippen LogP contribution in [0.5, 0.6) is 0 Å². The highest BCUT2D eigenvalue weighted by Gasteiger charge is 2.26. The molecule has 25 heavy (non-hydrogen) atoms. The third-order valence-corrected chi connectivity index (χ3v) is 5.39. The third kappa shape index (κ3) is 4.05. The summed E-state index contributed by atoms with van der Waals surface area (Å²) in [6.45, 7) is 5.20. The molecule has 2 aromatic rings. The molecule has 1 aliphatic carbocycles. The van der Waals surface area contributed by atoms with Gasteiger partial charge in [0.05, 0.1) is 6.61 Å². The molecule has 3 nitrogen and oxygen atoms in total. The Balaban J connectivity index is 1.57. The average Bonchev–Trinajstić information content (AvgIpc) is 3.47. The van der Waals surface area contributed by atoms with Gasteiger partial charge in [-0.2, -0.15) is 0 Å². The van der Waals surface area contributed by atoms with E-state index in [0.717, 1.165) is 25.6 Å². The lowest BCUT2D eigenvalue weighted by Crippen LogP contribution is -2.32. The fourth-order valence-corrected chi connectivity index (χ4v) is 3.79. The Morgan fingerprint density at radius 3 is 2.64 bits per heavy atom. The van der Waals surface area contributed by atoms with Gasteiger partial charge in [-0.1, -0.05) is 24.3 Å². The molecule has 1 fully saturated rings. The third-order valence-electron chi connectivity index (χ3n) is 5.39. The first-order chi connectivity index (χ1) is 12.3. The number of fused-ring (bicyclic) bond motifs is 1. The molecule has 0 atom stereocenters. The molecule has 1 aliphatic heterocycles. The van der Waals surface area contributed by atoms with Gasteiger partial charge in [0.2, 0.25) is 0 Å². The predicted molar refractivity (Wildman–Crippen MR) is 103 cm³/mol. The zero-order chi connectivity index (χ0) is 17.1. The molecule has 1 saturated carbocycles. The smallest absolute Gasteiger partial charge is 0.0642 e. The number of nitrogens with zero attached hydrogens (tertiary/aromatic N) is 2. The first-order valence-corrected chi connectivity index (χ1v) is 9.49. The maximum atomic E-state index is 5.35. The van der Waals surface area contributed by atoms with E-state index in [-0.39, 0.29) is 0 Å². The Morgan fingerprint density at radius 1 is 1.04 bits per heavy atom. The Kier molecular flexibility index (Phi) is 5.04. The van der Waals surface area contributed by atoms with Crippen molar-refractivity contribution < 1.29 is 4.74 Å². The van der Waals surface area contributed by atoms with Crippen LogP contribution in [-0.2, 0) is 17.7 Å². The van der Waals surface area contributed by atoms with Crippen LogP contribution in [0.25, 0.3) is 0 Å². The van der Waals surface area contributed by atoms with E-state index in [2.05, 4.69) is 58.3 Å². The van der Waals surface area contributed by atoms with Gasteiger partial charge in [-0.25, -0.2) is 0 Å². The van der Waals surface area contributed by atoms with Crippen LogP contribution in [0, 0.1) is 5.92 Å². The summed E-state index contributed by atoms with van der Waals surface area (Å²) in [5, 5.41) is 0. The van der Waals surface area contributed by atoms with Gasteiger partial charge < -0.3 is 9.64 Å². The highest BCUT2D eigenvalue weighted by atomic mass is 16.5. The van der Waals surface area contributed by atoms with Crippen LogP contribution in [0.15, 0.2) is 48.5 Å². The molecule has 2 aromatic carbocycles. The molecule has 4 rings (SSSR count). The summed E-state index contributed by atoms with van der Waals surface area (Å²) in [5.41, 5.74) is 5.53. The minimum Gasteiger partial charge on any atom is -0.383 e. The lowest BCUT2D eigenvalue weighted by atomic mass is 9.98. The molecule has 0 bridgehead atoms. The van der Waals surface area contributed by atoms with Crippen molar-refractivity contribution in [2.45, 2.75) is 25.8 Å². The molecule has 0 unspecified atom stereocenters. The molecule has 0 amide bonds. The normalized spacial score (nSPS) is 17.3. The molecular weight excluding hydrogens is 308 g/mol. The summed E-state index contributed by atoms with van der Waals surface area (Å²) in [6, 6.07) is 17.6. The van der Waals surface area contributed by atoms with E-state index in [4.69, 9.17) is 4.74 Å². The van der Waals surface area contributed by atoms with Gasteiger partial charge in [-0.3, -0.25) is 4.90 Å². The van der Waals surface area contributed by atoms with Crippen LogP contribution in [0.1, 0.15) is 24.0 Å². The van der Waals surface area contributed by atoms with Crippen molar-refractivity contribution in [2.24, 2.45) is 5.92 Å². The van der Waals surface area contributed by atoms with Crippen LogP contribution in [-0.4, -0.2) is 38.3 Å². The number of methoxy groups -OCH3 is 1. The number of benzene rings is 2. The summed E-state index contributed by atoms with van der Waals surface area (Å²) >= 11 is 0. The first kappa shape index (κ1) is 16.6. The number of para-hydroxylation sites is 1. The van der Waals surface area contributed by atoms with Crippen molar-refractivity contribution in [2.75, 3.05) is 38.3 Å². The van der Waals surface area contributed by atoms with Crippen molar-refractivity contribution in [3.8, 4) is 0 Å². The lowest BCUT2D eigenvalue weighted by molar-refractivity contribution is 0.207. The Hall–Kier alpha value is -1.84. The van der Waals surface area contributed by atoms with Crippen molar-refractivity contribution in [3.05, 3.63) is 59.7 Å². The zero-order valence-corrected chi connectivity index (χ0v) is 15.2. The van der Waals surface area contributed by atoms with Gasteiger partial charge >= 0.3 is 0 Å². The van der Waals surface area contributed by atoms with Gasteiger partial charge in [-0.15, -0.1) is 0 Å². The van der Waals surface area contributed by atoms with E-state index >= 15 is 0 Å². The van der Waals surface area contributed by atoms with Crippen LogP contribution in [0.2, 0.25) is 0 Å². The average molecular weight is 336 g/mol. The zero-order valence-electron chi connectivity index (χ0n) is 15.2. The van der Waals surface area contributed by atoms with Crippen molar-refractivity contribution in [1.29, 1.82) is 0 Å². The fraction of sp³-hybridized carbons (Fsp3) is 0.455. The first-order valence-electron chi connectivity index (χ1n) is 9.49. The monoisotopic (exact) mass is 336 g/mol. The molecular formula is C22H28N2O. The topological polar surface area (TPSA) is 15.7 Å². The van der Waals surface area contributed by atoms with E-state index < -0.39 is 0 Å². The van der Waals surface area contributed by atoms with E-state index in [1.165, 1.54) is 54.9 Å². The van der Waals surface area contributed by atoms with Crippen LogP contribution in [0.3, 0.4) is 0 Å². The number of ether oxygens (including phenoxy) is 1. The van der Waals surface area contributed by atoms with E-state index in [1.54, 1.807) is 7.11 Å². The molecule has 0 radical (unpaired) electrons. The summed E-state index contributed by atoms with van der Waals surface area (Å²) in [5.74, 6) is 0.965. The summed E-state index contributed by atoms with van der Waals surface area (Å²) < 4.78 is 5.35. The van der Waals surface area contributed by atoms with Crippen molar-refractivity contribution in [1.82, 2.24) is 4.90 Å². The standard InChI is InChI=1S/C22H28N2O/c1-25-14-13-24(21-5-3-2-4-6-21)22-10-9-19-11-12-23(16-18-7-8-18)17-20(19)15-22/h2-6,9-10,15,18H,7-8,11-14,16-17H2,1H3. The predicted octanol–water partition coefficient (Wildman–Crippen LogP) is 4.24. The molecule has 0 N–H and O–H groups in total. The van der Waals surface area contributed by atoms with E-state index in [9.17, 15) is 0 Å². The molecule has 2 aliphatic rings.